The molecule has 2 atom stereocenters. The number of aryl methyl sites for hydroxylation is 1. The zero-order valence-corrected chi connectivity index (χ0v) is 9.85. The number of nitrogens with zero attached hydrogens (tertiary/aromatic N) is 5. The van der Waals surface area contributed by atoms with Gasteiger partial charge in [-0.15, -0.1) is 11.6 Å². The Kier molecular flexibility index (Phi) is 3.09. The van der Waals surface area contributed by atoms with E-state index in [1.807, 2.05) is 7.05 Å². The summed E-state index contributed by atoms with van der Waals surface area (Å²) in [5.41, 5.74) is 0. The summed E-state index contributed by atoms with van der Waals surface area (Å²) in [5, 5.41) is 11.5. The average Bonchev–Trinajstić information content (AvgIpc) is 2.63. The van der Waals surface area contributed by atoms with Crippen molar-refractivity contribution in [2.24, 2.45) is 18.9 Å². The molecule has 5 nitrogen and oxygen atoms in total. The third-order valence-electron chi connectivity index (χ3n) is 2.85. The molecule has 0 saturated carbocycles. The normalized spacial score (nSPS) is 27.0. The molecule has 1 aliphatic heterocycles. The number of piperidine rings is 1. The SMILES string of the molecule is CC1CC(CCl)CN(c2nnnn2C)C1. The first-order valence-corrected chi connectivity index (χ1v) is 5.77. The van der Waals surface area contributed by atoms with Gasteiger partial charge in [0.15, 0.2) is 0 Å². The van der Waals surface area contributed by atoms with Gasteiger partial charge in [-0.1, -0.05) is 12.0 Å². The fourth-order valence-corrected chi connectivity index (χ4v) is 2.47. The van der Waals surface area contributed by atoms with Crippen LogP contribution in [0, 0.1) is 11.8 Å². The van der Waals surface area contributed by atoms with Gasteiger partial charge in [0.05, 0.1) is 0 Å². The Labute approximate surface area is 94.4 Å². The summed E-state index contributed by atoms with van der Waals surface area (Å²) >= 11 is 5.93. The minimum Gasteiger partial charge on any atom is -0.339 e. The maximum absolute atomic E-state index is 5.93. The lowest BCUT2D eigenvalue weighted by Crippen LogP contribution is -2.41. The number of hydrogen-bond donors (Lipinski definition) is 0. The van der Waals surface area contributed by atoms with E-state index in [0.29, 0.717) is 17.7 Å². The fourth-order valence-electron chi connectivity index (χ4n) is 2.25. The predicted octanol–water partition coefficient (Wildman–Crippen LogP) is 0.911. The first-order chi connectivity index (χ1) is 7.20. The Balaban J connectivity index is 2.12. The minimum atomic E-state index is 0.548. The van der Waals surface area contributed by atoms with Gasteiger partial charge in [-0.3, -0.25) is 0 Å². The molecule has 1 fully saturated rings. The Morgan fingerprint density at radius 1 is 1.47 bits per heavy atom. The number of tetrazole rings is 1. The van der Waals surface area contributed by atoms with Gasteiger partial charge < -0.3 is 4.90 Å². The van der Waals surface area contributed by atoms with E-state index in [-0.39, 0.29) is 0 Å². The summed E-state index contributed by atoms with van der Waals surface area (Å²) in [6, 6.07) is 0. The monoisotopic (exact) mass is 229 g/mol. The maximum atomic E-state index is 5.93. The molecule has 0 N–H and O–H groups in total. The molecule has 84 valence electrons. The van der Waals surface area contributed by atoms with Gasteiger partial charge >= 0.3 is 0 Å². The van der Waals surface area contributed by atoms with Gasteiger partial charge in [-0.2, -0.15) is 0 Å². The van der Waals surface area contributed by atoms with Crippen LogP contribution in [-0.2, 0) is 7.05 Å². The second-order valence-corrected chi connectivity index (χ2v) is 4.68. The molecular weight excluding hydrogens is 214 g/mol. The van der Waals surface area contributed by atoms with Crippen molar-refractivity contribution in [2.45, 2.75) is 13.3 Å². The summed E-state index contributed by atoms with van der Waals surface area (Å²) in [6.07, 6.45) is 1.20. The van der Waals surface area contributed by atoms with Crippen molar-refractivity contribution in [1.82, 2.24) is 20.2 Å². The lowest BCUT2D eigenvalue weighted by Gasteiger charge is -2.35. The van der Waals surface area contributed by atoms with Gasteiger partial charge in [0, 0.05) is 26.0 Å². The highest BCUT2D eigenvalue weighted by molar-refractivity contribution is 6.18. The van der Waals surface area contributed by atoms with Crippen LogP contribution in [0.3, 0.4) is 0 Å². The van der Waals surface area contributed by atoms with Gasteiger partial charge in [-0.05, 0) is 28.7 Å². The standard InChI is InChI=1S/C9H16ClN5/c1-7-3-8(4-10)6-15(5-7)9-11-12-13-14(9)2/h7-8H,3-6H2,1-2H3. The van der Waals surface area contributed by atoms with Gasteiger partial charge in [0.25, 0.3) is 0 Å². The van der Waals surface area contributed by atoms with E-state index in [4.69, 9.17) is 11.6 Å². The number of rotatable bonds is 2. The van der Waals surface area contributed by atoms with Crippen LogP contribution in [0.25, 0.3) is 0 Å². The third-order valence-corrected chi connectivity index (χ3v) is 3.28. The van der Waals surface area contributed by atoms with Crippen molar-refractivity contribution in [3.8, 4) is 0 Å². The Morgan fingerprint density at radius 2 is 2.27 bits per heavy atom. The molecule has 1 aromatic heterocycles. The van der Waals surface area contributed by atoms with Crippen molar-refractivity contribution in [3.63, 3.8) is 0 Å². The van der Waals surface area contributed by atoms with Gasteiger partial charge in [0.2, 0.25) is 5.95 Å². The summed E-state index contributed by atoms with van der Waals surface area (Å²) in [4.78, 5) is 2.22. The average molecular weight is 230 g/mol. The van der Waals surface area contributed by atoms with E-state index in [9.17, 15) is 0 Å². The van der Waals surface area contributed by atoms with Crippen LogP contribution < -0.4 is 4.90 Å². The minimum absolute atomic E-state index is 0.548. The number of aromatic nitrogens is 4. The molecule has 0 amide bonds. The van der Waals surface area contributed by atoms with Crippen LogP contribution in [-0.4, -0.2) is 39.2 Å². The Hall–Kier alpha value is -0.840. The summed E-state index contributed by atoms with van der Waals surface area (Å²) in [7, 11) is 1.87. The molecular formula is C9H16ClN5. The highest BCUT2D eigenvalue weighted by Gasteiger charge is 2.26. The first kappa shape index (κ1) is 10.7. The molecule has 0 radical (unpaired) electrons. The first-order valence-electron chi connectivity index (χ1n) is 5.24. The molecule has 1 saturated heterocycles. The van der Waals surface area contributed by atoms with Crippen molar-refractivity contribution in [1.29, 1.82) is 0 Å². The van der Waals surface area contributed by atoms with E-state index >= 15 is 0 Å². The van der Waals surface area contributed by atoms with E-state index in [0.717, 1.165) is 19.0 Å². The van der Waals surface area contributed by atoms with Crippen molar-refractivity contribution < 1.29 is 0 Å². The quantitative estimate of drug-likeness (QED) is 0.708. The molecule has 2 heterocycles. The lowest BCUT2D eigenvalue weighted by atomic mass is 9.92. The largest absolute Gasteiger partial charge is 0.339 e. The van der Waals surface area contributed by atoms with Crippen LogP contribution in [0.2, 0.25) is 0 Å². The molecule has 0 aliphatic carbocycles. The summed E-state index contributed by atoms with van der Waals surface area (Å²) < 4.78 is 1.71. The Bertz CT molecular complexity index is 326. The zero-order chi connectivity index (χ0) is 10.8. The lowest BCUT2D eigenvalue weighted by molar-refractivity contribution is 0.354. The molecule has 6 heteroatoms. The molecule has 1 aromatic rings. The Morgan fingerprint density at radius 3 is 2.87 bits per heavy atom. The topological polar surface area (TPSA) is 46.8 Å². The predicted molar refractivity (Wildman–Crippen MR) is 59.0 cm³/mol. The van der Waals surface area contributed by atoms with Gasteiger partial charge in [-0.25, -0.2) is 4.68 Å². The molecule has 15 heavy (non-hydrogen) atoms. The van der Waals surface area contributed by atoms with Crippen molar-refractivity contribution in [2.75, 3.05) is 23.9 Å². The van der Waals surface area contributed by atoms with Crippen molar-refractivity contribution in [3.05, 3.63) is 0 Å². The number of anilines is 1. The molecule has 1 aliphatic rings. The summed E-state index contributed by atoms with van der Waals surface area (Å²) in [6.45, 7) is 4.22. The van der Waals surface area contributed by atoms with Gasteiger partial charge in [0.1, 0.15) is 0 Å². The smallest absolute Gasteiger partial charge is 0.245 e. The van der Waals surface area contributed by atoms with Crippen LogP contribution >= 0.6 is 11.6 Å². The van der Waals surface area contributed by atoms with Crippen LogP contribution in [0.15, 0.2) is 0 Å². The molecule has 2 rings (SSSR count). The van der Waals surface area contributed by atoms with E-state index in [2.05, 4.69) is 27.3 Å². The third kappa shape index (κ3) is 2.22. The highest BCUT2D eigenvalue weighted by Crippen LogP contribution is 2.25. The second kappa shape index (κ2) is 4.35. The molecule has 0 bridgehead atoms. The molecule has 0 spiro atoms. The number of hydrogen-bond acceptors (Lipinski definition) is 4. The summed E-state index contributed by atoms with van der Waals surface area (Å²) in [5.74, 6) is 2.76. The highest BCUT2D eigenvalue weighted by atomic mass is 35.5. The van der Waals surface area contributed by atoms with Crippen LogP contribution in [0.4, 0.5) is 5.95 Å². The zero-order valence-electron chi connectivity index (χ0n) is 9.10. The van der Waals surface area contributed by atoms with E-state index in [1.54, 1.807) is 4.68 Å². The number of alkyl halides is 1. The maximum Gasteiger partial charge on any atom is 0.245 e. The molecule has 2 unspecified atom stereocenters. The van der Waals surface area contributed by atoms with Crippen molar-refractivity contribution >= 4 is 17.5 Å². The second-order valence-electron chi connectivity index (χ2n) is 4.37. The van der Waals surface area contributed by atoms with E-state index in [1.165, 1.54) is 6.42 Å². The van der Waals surface area contributed by atoms with Crippen LogP contribution in [0.5, 0.6) is 0 Å². The van der Waals surface area contributed by atoms with E-state index < -0.39 is 0 Å². The molecule has 0 aromatic carbocycles. The number of halogens is 1. The van der Waals surface area contributed by atoms with Crippen LogP contribution in [0.1, 0.15) is 13.3 Å². The fraction of sp³-hybridized carbons (Fsp3) is 0.889.